The van der Waals surface area contributed by atoms with Crippen molar-refractivity contribution >= 4 is 55.5 Å². The molecule has 2 amide bonds. The van der Waals surface area contributed by atoms with Crippen molar-refractivity contribution in [2.45, 2.75) is 0 Å². The number of hydrogen-bond donors (Lipinski definition) is 2. The van der Waals surface area contributed by atoms with E-state index in [4.69, 9.17) is 0 Å². The van der Waals surface area contributed by atoms with Gasteiger partial charge in [-0.1, -0.05) is 48.5 Å². The molecular formula is C23H15N3O2S2. The van der Waals surface area contributed by atoms with Crippen molar-refractivity contribution in [3.05, 3.63) is 89.3 Å². The normalized spacial score (nSPS) is 10.9. The number of carbonyl (C=O) groups is 2. The van der Waals surface area contributed by atoms with Gasteiger partial charge in [-0.25, -0.2) is 4.98 Å². The lowest BCUT2D eigenvalue weighted by atomic mass is 10.0. The highest BCUT2D eigenvalue weighted by Crippen LogP contribution is 2.34. The zero-order chi connectivity index (χ0) is 20.5. The number of thiazole rings is 1. The first-order valence-electron chi connectivity index (χ1n) is 9.23. The van der Waals surface area contributed by atoms with E-state index < -0.39 is 0 Å². The number of rotatable bonds is 3. The van der Waals surface area contributed by atoms with Gasteiger partial charge in [-0.05, 0) is 41.1 Å². The van der Waals surface area contributed by atoms with Crippen molar-refractivity contribution in [2.24, 2.45) is 0 Å². The number of para-hydroxylation sites is 1. The first-order valence-corrected chi connectivity index (χ1v) is 10.9. The second-order valence-corrected chi connectivity index (χ2v) is 8.70. The third kappa shape index (κ3) is 3.45. The second kappa shape index (κ2) is 7.70. The molecule has 0 saturated heterocycles. The summed E-state index contributed by atoms with van der Waals surface area (Å²) in [5.41, 5.74) is 6.48. The molecule has 0 unspecified atom stereocenters. The fourth-order valence-electron chi connectivity index (χ4n) is 3.22. The Bertz CT molecular complexity index is 1370. The standard InChI is InChI=1S/C23H15N3O2S2/c27-21(16-9-5-7-14-6-1-2-8-15(14)16)25-26-22(28)19-12-13-20(29-19)23-24-17-10-3-4-11-18(17)30-23/h1-13H,(H,25,27)(H,26,28). The molecule has 0 aliphatic carbocycles. The van der Waals surface area contributed by atoms with Crippen molar-refractivity contribution < 1.29 is 9.59 Å². The van der Waals surface area contributed by atoms with Gasteiger partial charge in [0.05, 0.1) is 20.0 Å². The average molecular weight is 430 g/mol. The highest BCUT2D eigenvalue weighted by Gasteiger charge is 2.15. The lowest BCUT2D eigenvalue weighted by Gasteiger charge is -2.08. The van der Waals surface area contributed by atoms with E-state index in [1.165, 1.54) is 11.3 Å². The Kier molecular flexibility index (Phi) is 4.74. The summed E-state index contributed by atoms with van der Waals surface area (Å²) in [7, 11) is 0. The maximum absolute atomic E-state index is 12.6. The van der Waals surface area contributed by atoms with Crippen LogP contribution >= 0.6 is 22.7 Å². The number of aromatic nitrogens is 1. The van der Waals surface area contributed by atoms with Crippen molar-refractivity contribution in [1.29, 1.82) is 0 Å². The van der Waals surface area contributed by atoms with Crippen LogP contribution < -0.4 is 10.9 Å². The van der Waals surface area contributed by atoms with Gasteiger partial charge in [-0.3, -0.25) is 20.4 Å². The monoisotopic (exact) mass is 429 g/mol. The number of hydrogen-bond acceptors (Lipinski definition) is 5. The molecule has 5 rings (SSSR count). The lowest BCUT2D eigenvalue weighted by molar-refractivity contribution is 0.0850. The summed E-state index contributed by atoms with van der Waals surface area (Å²) in [5.74, 6) is -0.718. The lowest BCUT2D eigenvalue weighted by Crippen LogP contribution is -2.41. The van der Waals surface area contributed by atoms with E-state index in [1.54, 1.807) is 23.5 Å². The molecule has 2 heterocycles. The van der Waals surface area contributed by atoms with Crippen LogP contribution in [-0.2, 0) is 0 Å². The number of nitrogens with one attached hydrogen (secondary N) is 2. The fraction of sp³-hybridized carbons (Fsp3) is 0. The van der Waals surface area contributed by atoms with Crippen LogP contribution in [0, 0.1) is 0 Å². The van der Waals surface area contributed by atoms with Crippen molar-refractivity contribution in [3.8, 4) is 9.88 Å². The van der Waals surface area contributed by atoms with Crippen molar-refractivity contribution in [3.63, 3.8) is 0 Å². The van der Waals surface area contributed by atoms with E-state index in [-0.39, 0.29) is 11.8 Å². The molecule has 5 aromatic rings. The summed E-state index contributed by atoms with van der Waals surface area (Å²) >= 11 is 2.93. The molecule has 30 heavy (non-hydrogen) atoms. The van der Waals surface area contributed by atoms with Crippen LogP contribution in [0.25, 0.3) is 30.9 Å². The minimum Gasteiger partial charge on any atom is -0.267 e. The molecule has 3 aromatic carbocycles. The smallest absolute Gasteiger partial charge is 0.267 e. The molecule has 0 aliphatic heterocycles. The number of thiophene rings is 1. The first kappa shape index (κ1) is 18.5. The number of hydrazine groups is 1. The molecule has 0 bridgehead atoms. The van der Waals surface area contributed by atoms with Crippen LogP contribution in [-0.4, -0.2) is 16.8 Å². The number of amides is 2. The Balaban J connectivity index is 1.30. The SMILES string of the molecule is O=C(NNC(=O)c1cccc2ccccc12)c1ccc(-c2nc3ccccc3s2)s1. The molecule has 0 spiro atoms. The molecule has 0 fully saturated rings. The first-order chi connectivity index (χ1) is 14.7. The Labute approximate surface area is 180 Å². The van der Waals surface area contributed by atoms with Crippen LogP contribution in [0.5, 0.6) is 0 Å². The van der Waals surface area contributed by atoms with E-state index in [9.17, 15) is 9.59 Å². The van der Waals surface area contributed by atoms with Gasteiger partial charge in [0, 0.05) is 5.56 Å². The van der Waals surface area contributed by atoms with Crippen LogP contribution in [0.3, 0.4) is 0 Å². The molecule has 0 saturated carbocycles. The second-order valence-electron chi connectivity index (χ2n) is 6.59. The third-order valence-electron chi connectivity index (χ3n) is 4.66. The Morgan fingerprint density at radius 2 is 1.50 bits per heavy atom. The quantitative estimate of drug-likeness (QED) is 0.385. The van der Waals surface area contributed by atoms with E-state index in [0.717, 1.165) is 30.9 Å². The number of carbonyl (C=O) groups excluding carboxylic acids is 2. The van der Waals surface area contributed by atoms with Crippen LogP contribution in [0.15, 0.2) is 78.9 Å². The van der Waals surface area contributed by atoms with E-state index in [0.29, 0.717) is 10.4 Å². The number of fused-ring (bicyclic) bond motifs is 2. The molecular weight excluding hydrogens is 414 g/mol. The van der Waals surface area contributed by atoms with Gasteiger partial charge in [-0.15, -0.1) is 22.7 Å². The predicted molar refractivity (Wildman–Crippen MR) is 122 cm³/mol. The minimum atomic E-state index is -0.360. The predicted octanol–water partition coefficient (Wildman–Crippen LogP) is 5.25. The van der Waals surface area contributed by atoms with E-state index in [1.807, 2.05) is 66.7 Å². The van der Waals surface area contributed by atoms with Crippen LogP contribution in [0.4, 0.5) is 0 Å². The molecule has 0 aliphatic rings. The van der Waals surface area contributed by atoms with Crippen molar-refractivity contribution in [2.75, 3.05) is 0 Å². The van der Waals surface area contributed by atoms with Gasteiger partial charge in [0.1, 0.15) is 5.01 Å². The topological polar surface area (TPSA) is 71.1 Å². The molecule has 2 aromatic heterocycles. The maximum atomic E-state index is 12.6. The van der Waals surface area contributed by atoms with Crippen LogP contribution in [0.2, 0.25) is 0 Å². The summed E-state index contributed by atoms with van der Waals surface area (Å²) < 4.78 is 1.11. The third-order valence-corrected chi connectivity index (χ3v) is 6.95. The molecule has 2 N–H and O–H groups in total. The van der Waals surface area contributed by atoms with Gasteiger partial charge in [0.25, 0.3) is 11.8 Å². The minimum absolute atomic E-state index is 0.358. The Morgan fingerprint density at radius 1 is 0.733 bits per heavy atom. The summed E-state index contributed by atoms with van der Waals surface area (Å²) in [6, 6.07) is 24.7. The Hall–Kier alpha value is -3.55. The van der Waals surface area contributed by atoms with Gasteiger partial charge >= 0.3 is 0 Å². The number of benzene rings is 3. The van der Waals surface area contributed by atoms with Gasteiger partial charge in [-0.2, -0.15) is 0 Å². The largest absolute Gasteiger partial charge is 0.279 e. The maximum Gasteiger partial charge on any atom is 0.279 e. The number of nitrogens with zero attached hydrogens (tertiary/aromatic N) is 1. The van der Waals surface area contributed by atoms with E-state index >= 15 is 0 Å². The molecule has 146 valence electrons. The molecule has 0 radical (unpaired) electrons. The van der Waals surface area contributed by atoms with Gasteiger partial charge in [0.2, 0.25) is 0 Å². The summed E-state index contributed by atoms with van der Waals surface area (Å²) in [4.78, 5) is 31.2. The van der Waals surface area contributed by atoms with Crippen molar-refractivity contribution in [1.82, 2.24) is 15.8 Å². The highest BCUT2D eigenvalue weighted by atomic mass is 32.1. The fourth-order valence-corrected chi connectivity index (χ4v) is 5.14. The molecule has 0 atom stereocenters. The molecule has 5 nitrogen and oxygen atoms in total. The van der Waals surface area contributed by atoms with Crippen LogP contribution in [0.1, 0.15) is 20.0 Å². The van der Waals surface area contributed by atoms with Gasteiger partial charge < -0.3 is 0 Å². The molecule has 7 heteroatoms. The Morgan fingerprint density at radius 3 is 2.40 bits per heavy atom. The summed E-state index contributed by atoms with van der Waals surface area (Å²) in [6.45, 7) is 0. The zero-order valence-corrected chi connectivity index (χ0v) is 17.2. The van der Waals surface area contributed by atoms with Gasteiger partial charge in [0.15, 0.2) is 0 Å². The average Bonchev–Trinajstić information content (AvgIpc) is 3.44. The van der Waals surface area contributed by atoms with E-state index in [2.05, 4.69) is 15.8 Å². The zero-order valence-electron chi connectivity index (χ0n) is 15.6. The summed E-state index contributed by atoms with van der Waals surface area (Å²) in [5, 5.41) is 2.68. The summed E-state index contributed by atoms with van der Waals surface area (Å²) in [6.07, 6.45) is 0. The highest BCUT2D eigenvalue weighted by molar-refractivity contribution is 7.26.